The highest BCUT2D eigenvalue weighted by molar-refractivity contribution is 8.80. The minimum absolute atomic E-state index is 0.267. The van der Waals surface area contributed by atoms with E-state index in [2.05, 4.69) is 57.2 Å². The number of hydrogen-bond donors (Lipinski definition) is 0. The van der Waals surface area contributed by atoms with E-state index in [0.29, 0.717) is 25.7 Å². The van der Waals surface area contributed by atoms with Crippen molar-refractivity contribution in [2.45, 2.75) is 57.3 Å². The third-order valence-corrected chi connectivity index (χ3v) is 80.0. The number of pyridine rings is 1. The number of aryl methyl sites for hydroxylation is 3. The molecule has 364 valence electrons. The molecule has 38 heteroatoms. The summed E-state index contributed by atoms with van der Waals surface area (Å²) >= 11 is 9.59. The van der Waals surface area contributed by atoms with Gasteiger partial charge in [0.05, 0.1) is 5.69 Å². The SMILES string of the molecule is Cc1cc(C)c(-c2ccc3c(c2)C24CC(=O)CC2(CC(=O)C4)c2cccnc2-3)c(C)c1.S=S=S=S=S=S=S=S=S=S=S=S=S=S=S=S=S=S=S=S=S=S=S=S=S=S=S=S=S=S=S=S=S=S=S. The lowest BCUT2D eigenvalue weighted by Gasteiger charge is -2.45. The molecule has 2 fully saturated rings. The molecule has 0 spiro atoms. The van der Waals surface area contributed by atoms with Crippen LogP contribution < -0.4 is 0 Å². The summed E-state index contributed by atoms with van der Waals surface area (Å²) in [6, 6.07) is 15.1. The van der Waals surface area contributed by atoms with Crippen molar-refractivity contribution in [1.82, 2.24) is 4.98 Å². The zero-order valence-corrected chi connectivity index (χ0v) is 61.1. The van der Waals surface area contributed by atoms with Gasteiger partial charge in [-0.3, -0.25) is 14.6 Å². The van der Waals surface area contributed by atoms with Gasteiger partial charge in [-0.05, 0) is 66.3 Å². The summed E-state index contributed by atoms with van der Waals surface area (Å²) in [4.78, 5) is 30.6. The van der Waals surface area contributed by atoms with Gasteiger partial charge in [-0.1, -0.05) is 35.9 Å². The van der Waals surface area contributed by atoms with Gasteiger partial charge in [0, 0.05) is 364 Å². The largest absolute Gasteiger partial charge is 0.300 e. The summed E-state index contributed by atoms with van der Waals surface area (Å²) in [5, 5.41) is 0. The molecule has 66 heavy (non-hydrogen) atoms. The van der Waals surface area contributed by atoms with E-state index in [0.717, 1.165) is 27.9 Å². The van der Waals surface area contributed by atoms with Crippen molar-refractivity contribution in [3.63, 3.8) is 0 Å². The molecule has 0 aliphatic heterocycles. The Labute approximate surface area is 487 Å². The number of carbonyl (C=O) groups excluding carboxylic acids is 2. The number of carbonyl (C=O) groups is 2. The highest BCUT2D eigenvalue weighted by Gasteiger charge is 2.67. The zero-order chi connectivity index (χ0) is 46.9. The van der Waals surface area contributed by atoms with Crippen LogP contribution in [0, 0.1) is 20.8 Å². The van der Waals surface area contributed by atoms with Crippen LogP contribution in [0.5, 0.6) is 0 Å². The van der Waals surface area contributed by atoms with Crippen molar-refractivity contribution in [3.05, 3.63) is 76.5 Å². The minimum Gasteiger partial charge on any atom is -0.300 e. The Morgan fingerprint density at radius 3 is 1.12 bits per heavy atom. The van der Waals surface area contributed by atoms with E-state index in [1.807, 2.05) is 181 Å². The molecule has 0 bridgehead atoms. The molecule has 1 heterocycles. The summed E-state index contributed by atoms with van der Waals surface area (Å²) in [5.74, 6) is 0.534. The van der Waals surface area contributed by atoms with Crippen LogP contribution >= 0.6 is 0 Å². The van der Waals surface area contributed by atoms with E-state index in [9.17, 15) is 9.59 Å². The molecular formula is C28H25NO2S35. The van der Waals surface area contributed by atoms with Crippen molar-refractivity contribution in [2.24, 2.45) is 0 Å². The van der Waals surface area contributed by atoms with E-state index < -0.39 is 10.8 Å². The third kappa shape index (κ3) is 19.9. The molecule has 6 rings (SSSR count). The quantitative estimate of drug-likeness (QED) is 0.324. The molecule has 2 saturated carbocycles. The zero-order valence-electron chi connectivity index (χ0n) is 32.5. The number of nitrogens with zero attached hydrogens (tertiary/aromatic N) is 1. The number of ketones is 2. The van der Waals surface area contributed by atoms with Crippen molar-refractivity contribution in [2.75, 3.05) is 0 Å². The summed E-state index contributed by atoms with van der Waals surface area (Å²) < 4.78 is 0. The van der Waals surface area contributed by atoms with Gasteiger partial charge in [0.2, 0.25) is 0 Å². The summed E-state index contributed by atoms with van der Waals surface area (Å²) in [5.41, 5.74) is 9.57. The Balaban J connectivity index is 0.000000248. The molecule has 3 nitrogen and oxygen atoms in total. The van der Waals surface area contributed by atoms with Crippen LogP contribution in [0.15, 0.2) is 48.7 Å². The maximum atomic E-state index is 12.9. The minimum atomic E-state index is -0.437. The number of hydrogen-bond acceptors (Lipinski definition) is 5. The molecule has 3 aromatic rings. The van der Waals surface area contributed by atoms with Crippen LogP contribution in [0.2, 0.25) is 0 Å². The average Bonchev–Trinajstić information content (AvgIpc) is 3.76. The van der Waals surface area contributed by atoms with Crippen LogP contribution in [0.3, 0.4) is 0 Å². The summed E-state index contributed by atoms with van der Waals surface area (Å²) in [6.07, 6.45) is 3.63. The maximum absolute atomic E-state index is 12.9. The van der Waals surface area contributed by atoms with E-state index in [-0.39, 0.29) is 11.6 Å². The molecule has 3 aliphatic carbocycles. The monoisotopic (exact) mass is 1530 g/mol. The topological polar surface area (TPSA) is 47.0 Å². The predicted octanol–water partition coefficient (Wildman–Crippen LogP) is 5.47. The number of benzene rings is 2. The van der Waals surface area contributed by atoms with E-state index in [1.54, 1.807) is 107 Å². The normalized spacial score (nSPS) is 16.2. The molecular weight excluding hydrogens is 1500 g/mol. The lowest BCUT2D eigenvalue weighted by atomic mass is 9.56. The molecule has 0 atom stereocenters. The molecule has 1 aromatic heterocycles. The van der Waals surface area contributed by atoms with Crippen molar-refractivity contribution in [3.8, 4) is 22.4 Å². The van der Waals surface area contributed by atoms with Gasteiger partial charge in [0.25, 0.3) is 0 Å². The number of fused-ring (bicyclic) bond motifs is 3. The highest BCUT2D eigenvalue weighted by Crippen LogP contribution is 2.67. The Hall–Kier alpha value is 4.63. The second kappa shape index (κ2) is 35.9. The van der Waals surface area contributed by atoms with Crippen LogP contribution in [0.4, 0.5) is 0 Å². The summed E-state index contributed by atoms with van der Waals surface area (Å²) in [7, 11) is 58.2. The first-order valence-electron chi connectivity index (χ1n) is 16.7. The maximum Gasteiger partial charge on any atom is 0.134 e. The van der Waals surface area contributed by atoms with Crippen LogP contribution in [-0.2, 0) is 336 Å². The van der Waals surface area contributed by atoms with Crippen LogP contribution in [-0.4, -0.2) is 16.6 Å². The van der Waals surface area contributed by atoms with E-state index in [4.69, 9.17) is 27.4 Å². The lowest BCUT2D eigenvalue weighted by Crippen LogP contribution is -2.43. The average molecular weight is 1530 g/mol. The Morgan fingerprint density at radius 1 is 0.439 bits per heavy atom. The molecule has 2 aromatic carbocycles. The van der Waals surface area contributed by atoms with Gasteiger partial charge < -0.3 is 0 Å². The first kappa shape index (κ1) is 61.5. The molecule has 0 amide bonds. The van der Waals surface area contributed by atoms with E-state index in [1.165, 1.54) is 40.0 Å². The molecule has 3 aliphatic rings. The van der Waals surface area contributed by atoms with Crippen molar-refractivity contribution >= 4 is 327 Å². The molecule has 0 radical (unpaired) electrons. The standard InChI is InChI=1S/C28H25NO2.S35/c1-16-9-17(2)25(18(3)10-16)19-6-7-22-24(11-19)28-14-20(30)12-27(28,13-21(31)15-28)23-5-4-8-29-26(22)23;1-3-5-7-9-11-13-15-17-19-21-23-25-27-29-31-33-35-34-32-30-28-26-24-22-20-18-16-14-12-10-8-6-4-2/h4-11H,12-15H2,1-3H3;. The smallest absolute Gasteiger partial charge is 0.134 e. The van der Waals surface area contributed by atoms with Gasteiger partial charge in [0.1, 0.15) is 11.6 Å². The molecule has 0 N–H and O–H groups in total. The summed E-state index contributed by atoms with van der Waals surface area (Å²) in [6.45, 7) is 6.44. The van der Waals surface area contributed by atoms with Crippen molar-refractivity contribution < 1.29 is 9.59 Å². The predicted molar refractivity (Wildman–Crippen MR) is 379 cm³/mol. The second-order valence-corrected chi connectivity index (χ2v) is 70.5. The second-order valence-electron chi connectivity index (χ2n) is 12.1. The van der Waals surface area contributed by atoms with Crippen LogP contribution in [0.25, 0.3) is 22.4 Å². The van der Waals surface area contributed by atoms with Gasteiger partial charge >= 0.3 is 0 Å². The fraction of sp³-hybridized carbons (Fsp3) is 0.321. The van der Waals surface area contributed by atoms with E-state index >= 15 is 0 Å². The van der Waals surface area contributed by atoms with Gasteiger partial charge in [0.15, 0.2) is 0 Å². The first-order valence-corrected chi connectivity index (χ1v) is 62.1. The Bertz CT molecular complexity index is 3880. The van der Waals surface area contributed by atoms with Gasteiger partial charge in [-0.25, -0.2) is 0 Å². The van der Waals surface area contributed by atoms with Crippen molar-refractivity contribution in [1.29, 1.82) is 0 Å². The lowest BCUT2D eigenvalue weighted by molar-refractivity contribution is -0.120. The third-order valence-electron chi connectivity index (χ3n) is 8.88. The Kier molecular flexibility index (Phi) is 33.4. The highest BCUT2D eigenvalue weighted by atomic mass is 33.5. The first-order chi connectivity index (χ1) is 32.3. The fourth-order valence-electron chi connectivity index (χ4n) is 7.46. The van der Waals surface area contributed by atoms with Crippen LogP contribution in [0.1, 0.15) is 53.5 Å². The molecule has 0 saturated heterocycles. The number of rotatable bonds is 1. The van der Waals surface area contributed by atoms with Gasteiger partial charge in [-0.2, -0.15) is 0 Å². The fourth-order valence-corrected chi connectivity index (χ4v) is 92.5. The number of aromatic nitrogens is 1. The number of Topliss-reactive ketones (excluding diaryl/α,β-unsaturated/α-hetero) is 2. The van der Waals surface area contributed by atoms with Gasteiger partial charge in [-0.15, -0.1) is 0 Å². The molecule has 0 unspecified atom stereocenters. The Morgan fingerprint density at radius 2 is 0.773 bits per heavy atom.